The van der Waals surface area contributed by atoms with Crippen molar-refractivity contribution in [2.24, 2.45) is 11.8 Å². The Hall–Kier alpha value is -6.19. The number of carbonyl (C=O) groups excluding carboxylic acids is 6. The van der Waals surface area contributed by atoms with Crippen molar-refractivity contribution in [3.05, 3.63) is 89.7 Å². The van der Waals surface area contributed by atoms with E-state index >= 15 is 0 Å². The standard InChI is InChI=1S/C48H62FN7O8/c1-7-29(3)41(52-47(61)63-5)45(59)54-27-9-11-39(54)43(57)50-34-19-13-31(14-20-34)37-25-26-38(56(37)36-23-17-33(49)18-24-36)32-15-21-35(22-16-32)51-44(58)40-12-10-28-55(40)46(60)42(30(4)8-2)53-48(62)64-6/h13-24,29-30,37-42H,7-12,25-28H2,1-6H3,(H,50,57)(H,51,58)(H,52,61)(H,53,62)/t29-,30-,37?,38?,39+,40+,41+,42+/m1/s1. The van der Waals surface area contributed by atoms with Crippen LogP contribution in [-0.2, 0) is 28.7 Å². The lowest BCUT2D eigenvalue weighted by Gasteiger charge is -2.33. The first-order chi connectivity index (χ1) is 30.8. The number of anilines is 3. The highest BCUT2D eigenvalue weighted by atomic mass is 19.1. The summed E-state index contributed by atoms with van der Waals surface area (Å²) in [6.07, 6.45) is 3.80. The minimum Gasteiger partial charge on any atom is -0.453 e. The van der Waals surface area contributed by atoms with Crippen molar-refractivity contribution in [1.29, 1.82) is 0 Å². The highest BCUT2D eigenvalue weighted by Gasteiger charge is 2.41. The molecule has 3 heterocycles. The lowest BCUT2D eigenvalue weighted by molar-refractivity contribution is -0.139. The Balaban J connectivity index is 1.14. The minimum absolute atomic E-state index is 0.0823. The van der Waals surface area contributed by atoms with Crippen molar-refractivity contribution in [3.8, 4) is 0 Å². The smallest absolute Gasteiger partial charge is 0.407 e. The summed E-state index contributed by atoms with van der Waals surface area (Å²) in [6.45, 7) is 8.44. The van der Waals surface area contributed by atoms with Gasteiger partial charge in [0.1, 0.15) is 30.0 Å². The zero-order valence-corrected chi connectivity index (χ0v) is 37.6. The summed E-state index contributed by atoms with van der Waals surface area (Å²) in [4.78, 5) is 84.2. The van der Waals surface area contributed by atoms with E-state index in [1.807, 2.05) is 76.2 Å². The topological polar surface area (TPSA) is 179 Å². The number of carbonyl (C=O) groups is 6. The number of hydrogen-bond acceptors (Lipinski definition) is 9. The number of halogens is 1. The monoisotopic (exact) mass is 883 g/mol. The molecule has 8 atom stereocenters. The molecule has 3 aromatic carbocycles. The molecule has 3 aliphatic heterocycles. The third kappa shape index (κ3) is 10.8. The molecule has 3 saturated heterocycles. The highest BCUT2D eigenvalue weighted by molar-refractivity contribution is 5.99. The van der Waals surface area contributed by atoms with Gasteiger partial charge in [0, 0.05) is 30.2 Å². The summed E-state index contributed by atoms with van der Waals surface area (Å²) in [5, 5.41) is 11.3. The summed E-state index contributed by atoms with van der Waals surface area (Å²) in [6, 6.07) is 18.6. The van der Waals surface area contributed by atoms with Gasteiger partial charge < -0.3 is 45.4 Å². The predicted molar refractivity (Wildman–Crippen MR) is 241 cm³/mol. The molecular formula is C48H62FN7O8. The van der Waals surface area contributed by atoms with Gasteiger partial charge in [0.05, 0.1) is 26.3 Å². The molecule has 344 valence electrons. The molecule has 0 radical (unpaired) electrons. The van der Waals surface area contributed by atoms with Crippen molar-refractivity contribution < 1.29 is 42.6 Å². The molecule has 0 aromatic heterocycles. The van der Waals surface area contributed by atoms with Crippen LogP contribution in [0, 0.1) is 17.7 Å². The molecule has 3 aromatic rings. The fourth-order valence-corrected chi connectivity index (χ4v) is 9.17. The number of nitrogens with one attached hydrogen (secondary N) is 4. The van der Waals surface area contributed by atoms with Crippen LogP contribution in [0.5, 0.6) is 0 Å². The van der Waals surface area contributed by atoms with Crippen LogP contribution in [0.4, 0.5) is 31.0 Å². The Labute approximate surface area is 374 Å². The van der Waals surface area contributed by atoms with Gasteiger partial charge >= 0.3 is 12.2 Å². The second-order valence-corrected chi connectivity index (χ2v) is 17.1. The molecule has 0 saturated carbocycles. The lowest BCUT2D eigenvalue weighted by atomic mass is 9.97. The molecule has 16 heteroatoms. The first kappa shape index (κ1) is 47.3. The maximum atomic E-state index is 14.2. The van der Waals surface area contributed by atoms with Crippen LogP contribution in [0.1, 0.15) is 102 Å². The first-order valence-corrected chi connectivity index (χ1v) is 22.4. The van der Waals surface area contributed by atoms with Crippen LogP contribution in [0.3, 0.4) is 0 Å². The van der Waals surface area contributed by atoms with Gasteiger partial charge in [-0.1, -0.05) is 64.8 Å². The molecule has 3 fully saturated rings. The van der Waals surface area contributed by atoms with Crippen LogP contribution in [0.2, 0.25) is 0 Å². The zero-order valence-electron chi connectivity index (χ0n) is 37.6. The number of nitrogens with zero attached hydrogens (tertiary/aromatic N) is 3. The normalized spacial score (nSPS) is 21.3. The first-order valence-electron chi connectivity index (χ1n) is 22.4. The third-order valence-electron chi connectivity index (χ3n) is 13.2. The van der Waals surface area contributed by atoms with Gasteiger partial charge in [-0.3, -0.25) is 19.2 Å². The number of hydrogen-bond donors (Lipinski definition) is 4. The molecule has 6 rings (SSSR count). The van der Waals surface area contributed by atoms with E-state index in [1.54, 1.807) is 21.9 Å². The van der Waals surface area contributed by atoms with Gasteiger partial charge in [-0.05, 0) is 110 Å². The van der Waals surface area contributed by atoms with Crippen LogP contribution in [0.15, 0.2) is 72.8 Å². The Kier molecular flexibility index (Phi) is 15.9. The van der Waals surface area contributed by atoms with Crippen LogP contribution < -0.4 is 26.2 Å². The van der Waals surface area contributed by atoms with Gasteiger partial charge in [0.25, 0.3) is 0 Å². The molecule has 0 bridgehead atoms. The quantitative estimate of drug-likeness (QED) is 0.122. The minimum atomic E-state index is -0.817. The number of likely N-dealkylation sites (tertiary alicyclic amines) is 2. The molecular weight excluding hydrogens is 822 g/mol. The molecule has 4 N–H and O–H groups in total. The molecule has 2 unspecified atom stereocenters. The average Bonchev–Trinajstić information content (AvgIpc) is 4.11. The van der Waals surface area contributed by atoms with Crippen molar-refractivity contribution in [3.63, 3.8) is 0 Å². The van der Waals surface area contributed by atoms with Gasteiger partial charge in [-0.2, -0.15) is 0 Å². The summed E-state index contributed by atoms with van der Waals surface area (Å²) in [5.41, 5.74) is 4.01. The van der Waals surface area contributed by atoms with E-state index in [1.165, 1.54) is 26.4 Å². The Morgan fingerprint density at radius 1 is 0.609 bits per heavy atom. The van der Waals surface area contributed by atoms with Gasteiger partial charge in [-0.15, -0.1) is 0 Å². The van der Waals surface area contributed by atoms with Crippen molar-refractivity contribution in [1.82, 2.24) is 20.4 Å². The molecule has 3 aliphatic rings. The fourth-order valence-electron chi connectivity index (χ4n) is 9.17. The molecule has 6 amide bonds. The number of alkyl carbamates (subject to hydrolysis) is 2. The zero-order chi connectivity index (χ0) is 46.1. The predicted octanol–water partition coefficient (Wildman–Crippen LogP) is 7.31. The van der Waals surface area contributed by atoms with Crippen molar-refractivity contribution in [2.75, 3.05) is 42.8 Å². The highest BCUT2D eigenvalue weighted by Crippen LogP contribution is 2.47. The van der Waals surface area contributed by atoms with Crippen molar-refractivity contribution in [2.45, 2.75) is 115 Å². The van der Waals surface area contributed by atoms with Crippen LogP contribution in [0.25, 0.3) is 0 Å². The maximum absolute atomic E-state index is 14.2. The maximum Gasteiger partial charge on any atom is 0.407 e. The number of rotatable bonds is 15. The SMILES string of the molecule is CC[C@@H](C)[C@H](NC(=O)OC)C(=O)N1CCC[C@H]1C(=O)Nc1ccc(C2CCC(c3ccc(NC(=O)[C@@H]4CCCN4C(=O)[C@@H](NC(=O)OC)[C@H](C)CC)cc3)N2c2ccc(F)cc2)cc1. The summed E-state index contributed by atoms with van der Waals surface area (Å²) in [7, 11) is 2.49. The molecule has 0 aliphatic carbocycles. The van der Waals surface area contributed by atoms with E-state index in [2.05, 4.69) is 26.2 Å². The third-order valence-corrected chi connectivity index (χ3v) is 13.2. The Bertz CT molecular complexity index is 1990. The van der Waals surface area contributed by atoms with E-state index in [0.717, 1.165) is 29.7 Å². The summed E-state index contributed by atoms with van der Waals surface area (Å²) in [5.74, 6) is -1.89. The molecule has 64 heavy (non-hydrogen) atoms. The van der Waals surface area contributed by atoms with E-state index in [4.69, 9.17) is 9.47 Å². The second-order valence-electron chi connectivity index (χ2n) is 17.1. The second kappa shape index (κ2) is 21.5. The van der Waals surface area contributed by atoms with E-state index in [9.17, 15) is 33.2 Å². The summed E-state index contributed by atoms with van der Waals surface area (Å²) >= 11 is 0. The van der Waals surface area contributed by atoms with Crippen molar-refractivity contribution >= 4 is 52.9 Å². The van der Waals surface area contributed by atoms with E-state index < -0.39 is 36.4 Å². The lowest BCUT2D eigenvalue weighted by Crippen LogP contribution is -2.54. The van der Waals surface area contributed by atoms with Crippen LogP contribution >= 0.6 is 0 Å². The molecule has 0 spiro atoms. The Morgan fingerprint density at radius 2 is 1.00 bits per heavy atom. The number of methoxy groups -OCH3 is 2. The summed E-state index contributed by atoms with van der Waals surface area (Å²) < 4.78 is 23.7. The number of ether oxygens (including phenoxy) is 2. The van der Waals surface area contributed by atoms with Crippen LogP contribution in [-0.4, -0.2) is 97.1 Å². The Morgan fingerprint density at radius 3 is 1.36 bits per heavy atom. The van der Waals surface area contributed by atoms with Gasteiger partial charge in [0.2, 0.25) is 23.6 Å². The van der Waals surface area contributed by atoms with Gasteiger partial charge in [0.15, 0.2) is 0 Å². The molecule has 15 nitrogen and oxygen atoms in total. The number of amides is 6. The number of benzene rings is 3. The van der Waals surface area contributed by atoms with Gasteiger partial charge in [-0.25, -0.2) is 14.0 Å². The van der Waals surface area contributed by atoms with E-state index in [-0.39, 0.29) is 53.4 Å². The largest absolute Gasteiger partial charge is 0.453 e. The fraction of sp³-hybridized carbons (Fsp3) is 0.500. The average molecular weight is 884 g/mol. The van der Waals surface area contributed by atoms with E-state index in [0.29, 0.717) is 63.0 Å².